The smallest absolute Gasteiger partial charge is 0.293 e. The van der Waals surface area contributed by atoms with Gasteiger partial charge in [0.2, 0.25) is 0 Å². The lowest BCUT2D eigenvalue weighted by molar-refractivity contribution is -0.384. The molecule has 1 aromatic carbocycles. The summed E-state index contributed by atoms with van der Waals surface area (Å²) in [5.41, 5.74) is 0.754. The first-order chi connectivity index (χ1) is 9.51. The zero-order chi connectivity index (χ0) is 14.7. The first-order valence-corrected chi connectivity index (χ1v) is 6.87. The predicted octanol–water partition coefficient (Wildman–Crippen LogP) is 2.70. The van der Waals surface area contributed by atoms with E-state index < -0.39 is 4.92 Å². The topological polar surface area (TPSA) is 84.3 Å². The van der Waals surface area contributed by atoms with Gasteiger partial charge in [0.05, 0.1) is 4.92 Å². The number of hydrogen-bond donors (Lipinski definition) is 2. The van der Waals surface area contributed by atoms with Crippen LogP contribution in [0.5, 0.6) is 0 Å². The Kier molecular flexibility index (Phi) is 4.22. The van der Waals surface area contributed by atoms with Crippen molar-refractivity contribution in [3.8, 4) is 0 Å². The lowest BCUT2D eigenvalue weighted by atomic mass is 10.1. The van der Waals surface area contributed by atoms with E-state index in [1.807, 2.05) is 13.8 Å². The summed E-state index contributed by atoms with van der Waals surface area (Å²) in [7, 11) is 0. The zero-order valence-corrected chi connectivity index (χ0v) is 11.7. The van der Waals surface area contributed by atoms with Crippen LogP contribution in [-0.2, 0) is 0 Å². The van der Waals surface area contributed by atoms with E-state index in [9.17, 15) is 14.9 Å². The predicted molar refractivity (Wildman–Crippen MR) is 77.0 cm³/mol. The molecule has 0 radical (unpaired) electrons. The van der Waals surface area contributed by atoms with Gasteiger partial charge in [-0.1, -0.05) is 6.92 Å². The van der Waals surface area contributed by atoms with Crippen molar-refractivity contribution in [1.29, 1.82) is 0 Å². The van der Waals surface area contributed by atoms with E-state index in [0.717, 1.165) is 19.3 Å². The molecule has 20 heavy (non-hydrogen) atoms. The van der Waals surface area contributed by atoms with Crippen molar-refractivity contribution in [3.63, 3.8) is 0 Å². The van der Waals surface area contributed by atoms with Crippen LogP contribution < -0.4 is 10.6 Å². The largest absolute Gasteiger partial charge is 0.377 e. The summed E-state index contributed by atoms with van der Waals surface area (Å²) >= 11 is 0. The van der Waals surface area contributed by atoms with Crippen LogP contribution in [0.3, 0.4) is 0 Å². The Balaban J connectivity index is 2.20. The molecule has 6 nitrogen and oxygen atoms in total. The molecule has 0 saturated heterocycles. The fraction of sp³-hybridized carbons (Fsp3) is 0.500. The highest BCUT2D eigenvalue weighted by Crippen LogP contribution is 2.31. The van der Waals surface area contributed by atoms with Crippen molar-refractivity contribution in [3.05, 3.63) is 33.9 Å². The van der Waals surface area contributed by atoms with Gasteiger partial charge in [0.1, 0.15) is 5.69 Å². The zero-order valence-electron chi connectivity index (χ0n) is 11.7. The Labute approximate surface area is 117 Å². The van der Waals surface area contributed by atoms with Gasteiger partial charge < -0.3 is 10.6 Å². The minimum Gasteiger partial charge on any atom is -0.377 e. The molecule has 1 aromatic rings. The third kappa shape index (κ3) is 3.46. The van der Waals surface area contributed by atoms with Crippen molar-refractivity contribution in [2.45, 2.75) is 45.2 Å². The number of hydrogen-bond acceptors (Lipinski definition) is 4. The molecular weight excluding hydrogens is 258 g/mol. The van der Waals surface area contributed by atoms with Gasteiger partial charge in [0, 0.05) is 23.7 Å². The number of amides is 1. The molecule has 0 aliphatic heterocycles. The Bertz CT molecular complexity index is 526. The van der Waals surface area contributed by atoms with Crippen LogP contribution >= 0.6 is 0 Å². The quantitative estimate of drug-likeness (QED) is 0.618. The van der Waals surface area contributed by atoms with E-state index in [-0.39, 0.29) is 17.6 Å². The van der Waals surface area contributed by atoms with E-state index in [0.29, 0.717) is 17.3 Å². The number of rotatable bonds is 6. The van der Waals surface area contributed by atoms with Gasteiger partial charge in [-0.25, -0.2) is 0 Å². The van der Waals surface area contributed by atoms with Crippen LogP contribution in [0.25, 0.3) is 0 Å². The SMILES string of the molecule is CC[C@H](C)NC(=O)c1ccc(NC2CC2)c([N+](=O)[O-])c1. The summed E-state index contributed by atoms with van der Waals surface area (Å²) in [5, 5.41) is 17.0. The maximum atomic E-state index is 12.0. The van der Waals surface area contributed by atoms with E-state index in [2.05, 4.69) is 10.6 Å². The van der Waals surface area contributed by atoms with Crippen LogP contribution in [-0.4, -0.2) is 22.9 Å². The number of anilines is 1. The molecule has 1 aliphatic rings. The normalized spacial score (nSPS) is 15.5. The van der Waals surface area contributed by atoms with Gasteiger partial charge in [-0.05, 0) is 38.3 Å². The maximum Gasteiger partial charge on any atom is 0.293 e. The van der Waals surface area contributed by atoms with Gasteiger partial charge in [0.15, 0.2) is 0 Å². The maximum absolute atomic E-state index is 12.0. The molecule has 108 valence electrons. The lowest BCUT2D eigenvalue weighted by Crippen LogP contribution is -2.31. The minimum atomic E-state index is -0.454. The summed E-state index contributed by atoms with van der Waals surface area (Å²) in [6, 6.07) is 4.94. The minimum absolute atomic E-state index is 0.0471. The van der Waals surface area contributed by atoms with Crippen LogP contribution in [0.1, 0.15) is 43.5 Å². The molecule has 2 N–H and O–H groups in total. The third-order valence-electron chi connectivity index (χ3n) is 3.38. The first-order valence-electron chi connectivity index (χ1n) is 6.87. The molecule has 6 heteroatoms. The van der Waals surface area contributed by atoms with Crippen LogP contribution in [0.15, 0.2) is 18.2 Å². The van der Waals surface area contributed by atoms with Gasteiger partial charge in [-0.3, -0.25) is 14.9 Å². The summed E-state index contributed by atoms with van der Waals surface area (Å²) < 4.78 is 0. The molecule has 0 spiro atoms. The van der Waals surface area contributed by atoms with Gasteiger partial charge >= 0.3 is 0 Å². The van der Waals surface area contributed by atoms with Gasteiger partial charge in [-0.2, -0.15) is 0 Å². The molecule has 1 atom stereocenters. The number of nitro benzene ring substituents is 1. The number of nitrogens with zero attached hydrogens (tertiary/aromatic N) is 1. The highest BCUT2D eigenvalue weighted by Gasteiger charge is 2.25. The van der Waals surface area contributed by atoms with Crippen molar-refractivity contribution < 1.29 is 9.72 Å². The number of carbonyl (C=O) groups is 1. The van der Waals surface area contributed by atoms with E-state index in [4.69, 9.17) is 0 Å². The monoisotopic (exact) mass is 277 g/mol. The molecule has 1 amide bonds. The van der Waals surface area contributed by atoms with Gasteiger partial charge in [0.25, 0.3) is 11.6 Å². The molecule has 0 unspecified atom stereocenters. The van der Waals surface area contributed by atoms with E-state index >= 15 is 0 Å². The van der Waals surface area contributed by atoms with Crippen LogP contribution in [0.4, 0.5) is 11.4 Å². The fourth-order valence-electron chi connectivity index (χ4n) is 1.80. The first kappa shape index (κ1) is 14.3. The Hall–Kier alpha value is -2.11. The second kappa shape index (κ2) is 5.90. The highest BCUT2D eigenvalue weighted by molar-refractivity contribution is 5.95. The summed E-state index contributed by atoms with van der Waals surface area (Å²) in [4.78, 5) is 22.6. The summed E-state index contributed by atoms with van der Waals surface area (Å²) in [6.45, 7) is 3.87. The van der Waals surface area contributed by atoms with Crippen molar-refractivity contribution in [1.82, 2.24) is 5.32 Å². The van der Waals surface area contributed by atoms with Crippen molar-refractivity contribution in [2.24, 2.45) is 0 Å². The molecule has 0 bridgehead atoms. The van der Waals surface area contributed by atoms with Crippen LogP contribution in [0, 0.1) is 10.1 Å². The molecular formula is C14H19N3O3. The standard InChI is InChI=1S/C14H19N3O3/c1-3-9(2)15-14(18)10-4-7-12(16-11-5-6-11)13(8-10)17(19)20/h4,7-9,11,16H,3,5-6H2,1-2H3,(H,15,18)/t9-/m0/s1. The lowest BCUT2D eigenvalue weighted by Gasteiger charge is -2.12. The molecule has 2 rings (SSSR count). The van der Waals surface area contributed by atoms with Crippen LogP contribution in [0.2, 0.25) is 0 Å². The second-order valence-electron chi connectivity index (χ2n) is 5.19. The summed E-state index contributed by atoms with van der Waals surface area (Å²) in [6.07, 6.45) is 2.88. The second-order valence-corrected chi connectivity index (χ2v) is 5.19. The van der Waals surface area contributed by atoms with E-state index in [1.54, 1.807) is 12.1 Å². The van der Waals surface area contributed by atoms with Crippen molar-refractivity contribution in [2.75, 3.05) is 5.32 Å². The number of benzene rings is 1. The Morgan fingerprint density at radius 2 is 2.20 bits per heavy atom. The molecule has 1 fully saturated rings. The van der Waals surface area contributed by atoms with E-state index in [1.165, 1.54) is 6.07 Å². The third-order valence-corrected chi connectivity index (χ3v) is 3.38. The Morgan fingerprint density at radius 1 is 1.50 bits per heavy atom. The molecule has 1 aliphatic carbocycles. The van der Waals surface area contributed by atoms with Gasteiger partial charge in [-0.15, -0.1) is 0 Å². The molecule has 0 heterocycles. The number of nitrogens with one attached hydrogen (secondary N) is 2. The highest BCUT2D eigenvalue weighted by atomic mass is 16.6. The molecule has 0 aromatic heterocycles. The average Bonchev–Trinajstić information content (AvgIpc) is 3.22. The fourth-order valence-corrected chi connectivity index (χ4v) is 1.80. The molecule has 1 saturated carbocycles. The average molecular weight is 277 g/mol. The number of carbonyl (C=O) groups excluding carboxylic acids is 1. The van der Waals surface area contributed by atoms with Crippen molar-refractivity contribution >= 4 is 17.3 Å². The summed E-state index contributed by atoms with van der Waals surface area (Å²) in [5.74, 6) is -0.277. The number of nitro groups is 1. The Morgan fingerprint density at radius 3 is 2.75 bits per heavy atom.